The number of fused-ring (bicyclic) bond motifs is 1. The molecule has 0 bridgehead atoms. The molecule has 7 nitrogen and oxygen atoms in total. The molecule has 0 atom stereocenters. The fraction of sp³-hybridized carbons (Fsp3) is 0.263. The lowest BCUT2D eigenvalue weighted by molar-refractivity contribution is 0.0694. The van der Waals surface area contributed by atoms with Gasteiger partial charge in [-0.05, 0) is 37.1 Å². The van der Waals surface area contributed by atoms with Crippen molar-refractivity contribution >= 4 is 17.8 Å². The van der Waals surface area contributed by atoms with Crippen LogP contribution in [-0.4, -0.2) is 39.3 Å². The topological polar surface area (TPSA) is 99.6 Å². The molecular formula is C19H19N3O4. The fourth-order valence-corrected chi connectivity index (χ4v) is 3.14. The highest BCUT2D eigenvalue weighted by Crippen LogP contribution is 2.26. The van der Waals surface area contributed by atoms with Gasteiger partial charge in [-0.1, -0.05) is 12.1 Å². The number of nitrogens with zero attached hydrogens (tertiary/aromatic N) is 2. The van der Waals surface area contributed by atoms with E-state index in [1.807, 2.05) is 6.92 Å². The first-order chi connectivity index (χ1) is 12.4. The van der Waals surface area contributed by atoms with Crippen LogP contribution in [0.2, 0.25) is 0 Å². The van der Waals surface area contributed by atoms with E-state index in [-0.39, 0.29) is 23.1 Å². The van der Waals surface area contributed by atoms with Crippen molar-refractivity contribution in [2.24, 2.45) is 0 Å². The Kier molecular flexibility index (Phi) is 4.71. The monoisotopic (exact) mass is 353 g/mol. The quantitative estimate of drug-likeness (QED) is 0.856. The van der Waals surface area contributed by atoms with Gasteiger partial charge in [-0.15, -0.1) is 0 Å². The zero-order valence-electron chi connectivity index (χ0n) is 14.6. The highest BCUT2D eigenvalue weighted by Gasteiger charge is 2.31. The fourth-order valence-electron chi connectivity index (χ4n) is 3.14. The van der Waals surface area contributed by atoms with Crippen LogP contribution < -0.4 is 5.32 Å². The molecule has 0 fully saturated rings. The lowest BCUT2D eigenvalue weighted by Gasteiger charge is -2.16. The third-order valence-corrected chi connectivity index (χ3v) is 4.37. The molecule has 0 saturated carbocycles. The number of benzene rings is 1. The predicted octanol–water partition coefficient (Wildman–Crippen LogP) is 1.99. The number of carboxylic acid groups (broad SMARTS) is 1. The molecule has 1 aromatic heterocycles. The molecule has 2 heterocycles. The van der Waals surface area contributed by atoms with Crippen LogP contribution in [0.5, 0.6) is 0 Å². The summed E-state index contributed by atoms with van der Waals surface area (Å²) in [6, 6.07) is 6.64. The van der Waals surface area contributed by atoms with Gasteiger partial charge in [0, 0.05) is 37.0 Å². The summed E-state index contributed by atoms with van der Waals surface area (Å²) in [5, 5.41) is 11.8. The number of aryl methyl sites for hydroxylation is 1. The number of hydrogen-bond donors (Lipinski definition) is 2. The average Bonchev–Trinajstić information content (AvgIpc) is 2.91. The van der Waals surface area contributed by atoms with Gasteiger partial charge in [0.2, 0.25) is 0 Å². The maximum absolute atomic E-state index is 12.7. The largest absolute Gasteiger partial charge is 0.478 e. The minimum absolute atomic E-state index is 0.159. The molecule has 7 heteroatoms. The Morgan fingerprint density at radius 2 is 2.08 bits per heavy atom. The van der Waals surface area contributed by atoms with Crippen molar-refractivity contribution in [1.82, 2.24) is 15.2 Å². The van der Waals surface area contributed by atoms with Crippen molar-refractivity contribution in [3.63, 3.8) is 0 Å². The van der Waals surface area contributed by atoms with E-state index in [4.69, 9.17) is 5.11 Å². The summed E-state index contributed by atoms with van der Waals surface area (Å²) in [6.07, 6.45) is 1.47. The van der Waals surface area contributed by atoms with E-state index < -0.39 is 5.97 Å². The number of carboxylic acids is 1. The summed E-state index contributed by atoms with van der Waals surface area (Å²) in [5.74, 6) is -1.43. The Hall–Kier alpha value is -3.22. The first-order valence-electron chi connectivity index (χ1n) is 8.30. The second-order valence-corrected chi connectivity index (χ2v) is 6.16. The van der Waals surface area contributed by atoms with Crippen LogP contribution in [0.3, 0.4) is 0 Å². The van der Waals surface area contributed by atoms with Gasteiger partial charge in [-0.25, -0.2) is 4.79 Å². The molecule has 0 radical (unpaired) electrons. The normalized spacial score (nSPS) is 12.8. The SMILES string of the molecule is CCNC(=O)c1nccc2c1CN(Cc1ccc(C(=O)O)c(C)c1)C2=O. The molecule has 0 aliphatic carbocycles. The van der Waals surface area contributed by atoms with Crippen molar-refractivity contribution in [1.29, 1.82) is 0 Å². The highest BCUT2D eigenvalue weighted by molar-refractivity contribution is 6.03. The molecule has 1 aromatic carbocycles. The summed E-state index contributed by atoms with van der Waals surface area (Å²) >= 11 is 0. The van der Waals surface area contributed by atoms with E-state index in [0.717, 1.165) is 5.56 Å². The Morgan fingerprint density at radius 3 is 2.73 bits per heavy atom. The van der Waals surface area contributed by atoms with Gasteiger partial charge in [-0.2, -0.15) is 0 Å². The number of nitrogens with one attached hydrogen (secondary N) is 1. The van der Waals surface area contributed by atoms with Crippen molar-refractivity contribution in [3.05, 3.63) is 64.0 Å². The van der Waals surface area contributed by atoms with Crippen molar-refractivity contribution in [2.45, 2.75) is 26.9 Å². The van der Waals surface area contributed by atoms with Gasteiger partial charge in [-0.3, -0.25) is 14.6 Å². The predicted molar refractivity (Wildman–Crippen MR) is 94.0 cm³/mol. The second kappa shape index (κ2) is 6.95. The van der Waals surface area contributed by atoms with Crippen LogP contribution in [0.4, 0.5) is 0 Å². The number of carbonyl (C=O) groups is 3. The van der Waals surface area contributed by atoms with Gasteiger partial charge in [0.1, 0.15) is 5.69 Å². The number of rotatable bonds is 5. The number of hydrogen-bond acceptors (Lipinski definition) is 4. The average molecular weight is 353 g/mol. The molecule has 2 aromatic rings. The Labute approximate surface area is 150 Å². The van der Waals surface area contributed by atoms with Crippen LogP contribution in [-0.2, 0) is 13.1 Å². The third kappa shape index (κ3) is 3.15. The third-order valence-electron chi connectivity index (χ3n) is 4.37. The molecule has 0 spiro atoms. The van der Waals surface area contributed by atoms with E-state index in [0.29, 0.717) is 36.3 Å². The lowest BCUT2D eigenvalue weighted by atomic mass is 10.0. The van der Waals surface area contributed by atoms with Gasteiger partial charge in [0.25, 0.3) is 11.8 Å². The Morgan fingerprint density at radius 1 is 1.31 bits per heavy atom. The molecule has 26 heavy (non-hydrogen) atoms. The molecule has 3 rings (SSSR count). The van der Waals surface area contributed by atoms with Crippen LogP contribution in [0, 0.1) is 6.92 Å². The van der Waals surface area contributed by atoms with Gasteiger partial charge in [0.05, 0.1) is 5.56 Å². The number of pyridine rings is 1. The number of aromatic nitrogens is 1. The van der Waals surface area contributed by atoms with Gasteiger partial charge >= 0.3 is 5.97 Å². The minimum Gasteiger partial charge on any atom is -0.478 e. The van der Waals surface area contributed by atoms with Gasteiger partial charge in [0.15, 0.2) is 0 Å². The van der Waals surface area contributed by atoms with Gasteiger partial charge < -0.3 is 15.3 Å². The maximum Gasteiger partial charge on any atom is 0.335 e. The molecule has 2 amide bonds. The summed E-state index contributed by atoms with van der Waals surface area (Å²) in [4.78, 5) is 41.7. The Balaban J connectivity index is 1.85. The van der Waals surface area contributed by atoms with Crippen LogP contribution >= 0.6 is 0 Å². The van der Waals surface area contributed by atoms with Crippen molar-refractivity contribution in [2.75, 3.05) is 6.54 Å². The number of amides is 2. The number of aromatic carboxylic acids is 1. The van der Waals surface area contributed by atoms with E-state index in [9.17, 15) is 14.4 Å². The number of carbonyl (C=O) groups excluding carboxylic acids is 2. The molecule has 134 valence electrons. The molecular weight excluding hydrogens is 334 g/mol. The molecule has 0 unspecified atom stereocenters. The first-order valence-corrected chi connectivity index (χ1v) is 8.30. The van der Waals surface area contributed by atoms with Crippen LogP contribution in [0.15, 0.2) is 30.5 Å². The summed E-state index contributed by atoms with van der Waals surface area (Å²) in [5.41, 5.74) is 3.11. The smallest absolute Gasteiger partial charge is 0.335 e. The highest BCUT2D eigenvalue weighted by atomic mass is 16.4. The Bertz CT molecular complexity index is 908. The zero-order chi connectivity index (χ0) is 18.8. The minimum atomic E-state index is -0.976. The van der Waals surface area contributed by atoms with E-state index in [1.165, 1.54) is 6.20 Å². The summed E-state index contributed by atoms with van der Waals surface area (Å²) in [7, 11) is 0. The van der Waals surface area contributed by atoms with E-state index in [1.54, 1.807) is 36.1 Å². The summed E-state index contributed by atoms with van der Waals surface area (Å²) in [6.45, 7) is 4.67. The van der Waals surface area contributed by atoms with Crippen LogP contribution in [0.25, 0.3) is 0 Å². The zero-order valence-corrected chi connectivity index (χ0v) is 14.6. The first kappa shape index (κ1) is 17.6. The molecule has 2 N–H and O–H groups in total. The summed E-state index contributed by atoms with van der Waals surface area (Å²) < 4.78 is 0. The van der Waals surface area contributed by atoms with Crippen molar-refractivity contribution < 1.29 is 19.5 Å². The lowest BCUT2D eigenvalue weighted by Crippen LogP contribution is -2.25. The second-order valence-electron chi connectivity index (χ2n) is 6.16. The standard InChI is InChI=1S/C19H19N3O4/c1-3-20-17(23)16-15-10-22(18(24)14(15)6-7-21-16)9-12-4-5-13(19(25)26)11(2)8-12/h4-8H,3,9-10H2,1-2H3,(H,20,23)(H,25,26). The molecule has 0 saturated heterocycles. The molecule has 1 aliphatic heterocycles. The van der Waals surface area contributed by atoms with Crippen molar-refractivity contribution in [3.8, 4) is 0 Å². The van der Waals surface area contributed by atoms with Crippen LogP contribution in [0.1, 0.15) is 54.8 Å². The maximum atomic E-state index is 12.7. The van der Waals surface area contributed by atoms with E-state index >= 15 is 0 Å². The molecule has 1 aliphatic rings. The van der Waals surface area contributed by atoms with E-state index in [2.05, 4.69) is 10.3 Å².